The Bertz CT molecular complexity index is 1540. The Balaban J connectivity index is 0.000000262. The van der Waals surface area contributed by atoms with E-state index in [4.69, 9.17) is 77.3 Å². The number of ketones is 1. The first-order valence-electron chi connectivity index (χ1n) is 10.7. The molecule has 0 aliphatic heterocycles. The zero-order chi connectivity index (χ0) is 30.7. The van der Waals surface area contributed by atoms with Crippen molar-refractivity contribution < 1.29 is 32.4 Å². The normalized spacial score (nSPS) is 11.0. The summed E-state index contributed by atoms with van der Waals surface area (Å²) < 4.78 is 16.8. The van der Waals surface area contributed by atoms with Crippen molar-refractivity contribution in [2.45, 2.75) is 16.4 Å². The molecule has 2 aromatic carbocycles. The number of aliphatic hydroxyl groups is 1. The van der Waals surface area contributed by atoms with Gasteiger partial charge in [-0.3, -0.25) is 4.79 Å². The summed E-state index contributed by atoms with van der Waals surface area (Å²) in [5.41, 5.74) is 1.14. The topological polar surface area (TPSA) is 123 Å². The number of benzene rings is 2. The number of halogens is 6. The van der Waals surface area contributed by atoms with Crippen LogP contribution in [0.1, 0.15) is 33.2 Å². The summed E-state index contributed by atoms with van der Waals surface area (Å²) >= 11 is 37.3. The number of thioether (sulfide) groups is 2. The molecule has 0 amide bonds. The second kappa shape index (κ2) is 17.8. The molecule has 0 aliphatic carbocycles. The Morgan fingerprint density at radius 2 is 1.15 bits per heavy atom. The number of hydrogen-bond donors (Lipinski definition) is 1. The van der Waals surface area contributed by atoms with E-state index >= 15 is 0 Å². The summed E-state index contributed by atoms with van der Waals surface area (Å²) in [6.45, 7) is 0. The van der Waals surface area contributed by atoms with Crippen molar-refractivity contribution in [2.24, 2.45) is 0 Å². The number of aliphatic hydroxyl groups excluding tert-OH is 1. The van der Waals surface area contributed by atoms with Crippen molar-refractivity contribution in [3.8, 4) is 0 Å². The van der Waals surface area contributed by atoms with E-state index < -0.39 is 26.7 Å². The molecule has 1 N–H and O–H groups in total. The van der Waals surface area contributed by atoms with E-state index in [-0.39, 0.29) is 31.7 Å². The molecule has 2 heterocycles. The first kappa shape index (κ1) is 36.0. The van der Waals surface area contributed by atoms with Crippen LogP contribution in [0.5, 0.6) is 0 Å². The van der Waals surface area contributed by atoms with E-state index in [1.54, 1.807) is 54.8 Å². The van der Waals surface area contributed by atoms with Gasteiger partial charge in [-0.05, 0) is 30.7 Å². The molecule has 17 heteroatoms. The minimum absolute atomic E-state index is 0.0225. The number of nitrogens with zero attached hydrogens (tertiary/aromatic N) is 4. The average molecular weight is 756 g/mol. The molecular formula is C24H16Cl6MnN4O4S2. The van der Waals surface area contributed by atoms with Gasteiger partial charge in [0.05, 0.1) is 16.1 Å². The van der Waals surface area contributed by atoms with Gasteiger partial charge in [0.15, 0.2) is 10.3 Å². The van der Waals surface area contributed by atoms with Gasteiger partial charge in [-0.25, -0.2) is 19.9 Å². The van der Waals surface area contributed by atoms with Crippen LogP contribution in [0.25, 0.3) is 0 Å². The first-order chi connectivity index (χ1) is 19.5. The second-order valence-electron chi connectivity index (χ2n) is 7.17. The SMILES string of the molecule is CSc1nc(Cl)c(C(=O)c2ccccc2Cl)c(Cl)n1.CSc1nc(Cl)c(C(O)c2ccccc2Cl)c(Cl)n1.[O]=[Mn]=[O]. The molecule has 0 fully saturated rings. The fraction of sp³-hybridized carbons (Fsp3) is 0.125. The number of hydrogen-bond acceptors (Lipinski definition) is 10. The molecule has 1 unspecified atom stereocenters. The molecule has 4 aromatic rings. The molecule has 0 radical (unpaired) electrons. The Morgan fingerprint density at radius 3 is 1.59 bits per heavy atom. The van der Waals surface area contributed by atoms with Crippen LogP contribution in [-0.2, 0) is 22.5 Å². The maximum absolute atomic E-state index is 12.4. The van der Waals surface area contributed by atoms with Crippen molar-refractivity contribution in [3.63, 3.8) is 0 Å². The Kier molecular flexibility index (Phi) is 15.6. The van der Waals surface area contributed by atoms with Gasteiger partial charge in [0.2, 0.25) is 5.78 Å². The van der Waals surface area contributed by atoms with Gasteiger partial charge < -0.3 is 5.11 Å². The molecule has 2 aromatic heterocycles. The molecule has 0 aliphatic rings. The van der Waals surface area contributed by atoms with Crippen LogP contribution >= 0.6 is 93.1 Å². The fourth-order valence-corrected chi connectivity index (χ4v) is 5.56. The van der Waals surface area contributed by atoms with Crippen LogP contribution in [-0.4, -0.2) is 43.3 Å². The zero-order valence-electron chi connectivity index (χ0n) is 20.6. The molecule has 0 bridgehead atoms. The van der Waals surface area contributed by atoms with Gasteiger partial charge >= 0.3 is 22.5 Å². The standard InChI is InChI=1S/C12H9Cl3N2OS.C12H7Cl3N2OS.Mn.2O/c2*1-19-12-16-10(14)8(11(15)17-12)9(18)6-4-2-3-5-7(6)13;;;/h2-5,9,18H,1H3;2-5H,1H3;;;. The fourth-order valence-electron chi connectivity index (χ4n) is 3.02. The van der Waals surface area contributed by atoms with Gasteiger partial charge in [0, 0.05) is 16.1 Å². The third-order valence-corrected chi connectivity index (χ3v) is 7.71. The van der Waals surface area contributed by atoms with Crippen molar-refractivity contribution in [1.29, 1.82) is 0 Å². The second-order valence-corrected chi connectivity index (χ2v) is 11.2. The maximum atomic E-state index is 12.4. The Hall–Kier alpha value is -1.21. The zero-order valence-corrected chi connectivity index (χ0v) is 28.0. The first-order valence-corrected chi connectivity index (χ1v) is 16.3. The van der Waals surface area contributed by atoms with Gasteiger partial charge in [-0.2, -0.15) is 0 Å². The molecular weight excluding hydrogens is 740 g/mol. The monoisotopic (exact) mass is 753 g/mol. The van der Waals surface area contributed by atoms with E-state index in [0.717, 1.165) is 0 Å². The van der Waals surface area contributed by atoms with Gasteiger partial charge in [0.25, 0.3) is 0 Å². The average Bonchev–Trinajstić information content (AvgIpc) is 2.93. The quantitative estimate of drug-likeness (QED) is 0.0675. The number of carbonyl (C=O) groups is 1. The number of rotatable bonds is 6. The summed E-state index contributed by atoms with van der Waals surface area (Å²) in [6, 6.07) is 13.6. The molecule has 0 saturated carbocycles. The predicted molar refractivity (Wildman–Crippen MR) is 159 cm³/mol. The van der Waals surface area contributed by atoms with Crippen molar-refractivity contribution in [3.05, 3.63) is 101 Å². The van der Waals surface area contributed by atoms with E-state index in [9.17, 15) is 9.90 Å². The summed E-state index contributed by atoms with van der Waals surface area (Å²) in [5.74, 6) is -0.395. The van der Waals surface area contributed by atoms with Crippen molar-refractivity contribution in [2.75, 3.05) is 12.5 Å². The van der Waals surface area contributed by atoms with E-state index in [1.165, 1.54) is 23.5 Å². The number of carbonyl (C=O) groups excluding carboxylic acids is 1. The third-order valence-electron chi connectivity index (χ3n) is 4.82. The van der Waals surface area contributed by atoms with Crippen LogP contribution in [0.15, 0.2) is 58.8 Å². The van der Waals surface area contributed by atoms with Crippen molar-refractivity contribution in [1.82, 2.24) is 19.9 Å². The molecule has 8 nitrogen and oxygen atoms in total. The van der Waals surface area contributed by atoms with Crippen LogP contribution in [0.2, 0.25) is 30.7 Å². The Labute approximate surface area is 279 Å². The van der Waals surface area contributed by atoms with Crippen LogP contribution in [0.4, 0.5) is 0 Å². The molecule has 0 saturated heterocycles. The predicted octanol–water partition coefficient (Wildman–Crippen LogP) is 8.39. The molecule has 217 valence electrons. The van der Waals surface area contributed by atoms with Crippen molar-refractivity contribution >= 4 is 98.9 Å². The number of aromatic nitrogens is 4. The van der Waals surface area contributed by atoms with Gasteiger partial charge in [-0.15, -0.1) is 0 Å². The van der Waals surface area contributed by atoms with E-state index in [2.05, 4.69) is 19.9 Å². The van der Waals surface area contributed by atoms with E-state index in [0.29, 0.717) is 31.5 Å². The summed E-state index contributed by atoms with van der Waals surface area (Å²) in [7, 11) is 0. The van der Waals surface area contributed by atoms with Gasteiger partial charge in [-0.1, -0.05) is 123 Å². The minimum atomic E-state index is -1.44. The van der Waals surface area contributed by atoms with Crippen LogP contribution in [0.3, 0.4) is 0 Å². The van der Waals surface area contributed by atoms with Crippen LogP contribution < -0.4 is 0 Å². The summed E-state index contributed by atoms with van der Waals surface area (Å²) in [5, 5.41) is 12.3. The van der Waals surface area contributed by atoms with Crippen LogP contribution in [0, 0.1) is 0 Å². The van der Waals surface area contributed by atoms with E-state index in [1.807, 2.05) is 6.26 Å². The summed E-state index contributed by atoms with van der Waals surface area (Å²) in [4.78, 5) is 28.5. The molecule has 0 spiro atoms. The van der Waals surface area contributed by atoms with Gasteiger partial charge in [0.1, 0.15) is 26.7 Å². The molecule has 1 atom stereocenters. The summed E-state index contributed by atoms with van der Waals surface area (Å²) in [6.07, 6.45) is 2.54. The molecule has 4 rings (SSSR count). The Morgan fingerprint density at radius 1 is 0.732 bits per heavy atom. The molecule has 41 heavy (non-hydrogen) atoms. The third kappa shape index (κ3) is 9.91.